The fourth-order valence-electron chi connectivity index (χ4n) is 2.16. The number of nitrogens with zero attached hydrogens (tertiary/aromatic N) is 1. The molecule has 0 bridgehead atoms. The minimum absolute atomic E-state index is 0. The summed E-state index contributed by atoms with van der Waals surface area (Å²) >= 11 is 0. The van der Waals surface area contributed by atoms with Crippen LogP contribution in [0, 0.1) is 0 Å². The molecule has 6 heteroatoms. The topological polar surface area (TPSA) is 77.1 Å². The van der Waals surface area contributed by atoms with Crippen LogP contribution < -0.4 is 5.73 Å². The van der Waals surface area contributed by atoms with E-state index < -0.39 is 0 Å². The molecule has 0 radical (unpaired) electrons. The van der Waals surface area contributed by atoms with Crippen LogP contribution in [0.25, 0.3) is 0 Å². The van der Waals surface area contributed by atoms with Crippen LogP contribution in [0.1, 0.15) is 40.5 Å². The number of nitrogens with two attached hydrogens (primary N) is 1. The summed E-state index contributed by atoms with van der Waals surface area (Å²) in [5.41, 5.74) is 6.40. The Hall–Kier alpha value is -0.360. The Morgan fingerprint density at radius 1 is 1.17 bits per heavy atom. The fourth-order valence-corrected chi connectivity index (χ4v) is 2.16. The molecular weight excluding hydrogens is 256 g/mol. The van der Waals surface area contributed by atoms with Crippen molar-refractivity contribution in [1.82, 2.24) is 0 Å². The highest BCUT2D eigenvalue weighted by Crippen LogP contribution is 2.17. The van der Waals surface area contributed by atoms with Gasteiger partial charge >= 0.3 is 0 Å². The molecule has 0 saturated carbocycles. The van der Waals surface area contributed by atoms with Crippen LogP contribution in [0.5, 0.6) is 0 Å². The van der Waals surface area contributed by atoms with E-state index in [2.05, 4.69) is 12.1 Å². The maximum absolute atomic E-state index is 8.36. The second-order valence-electron chi connectivity index (χ2n) is 4.94. The van der Waals surface area contributed by atoms with E-state index in [1.54, 1.807) is 0 Å². The molecule has 2 rings (SSSR count). The maximum atomic E-state index is 8.36. The van der Waals surface area contributed by atoms with Gasteiger partial charge in [0.1, 0.15) is 0 Å². The molecule has 2 aliphatic rings. The molecule has 0 aliphatic carbocycles. The molecule has 2 aliphatic heterocycles. The quantitative estimate of drug-likeness (QED) is 0.525. The van der Waals surface area contributed by atoms with E-state index in [9.17, 15) is 0 Å². The molecule has 18 heavy (non-hydrogen) atoms. The zero-order valence-electron chi connectivity index (χ0n) is 11.5. The highest BCUT2D eigenvalue weighted by Gasteiger charge is 2.25. The van der Waals surface area contributed by atoms with Crippen molar-refractivity contribution < 1.29 is 14.7 Å². The number of oxime groups is 1. The summed E-state index contributed by atoms with van der Waals surface area (Å²) in [6.07, 6.45) is 2.64. The van der Waals surface area contributed by atoms with Crippen LogP contribution in [0.4, 0.5) is 0 Å². The van der Waals surface area contributed by atoms with E-state index in [0.717, 1.165) is 18.6 Å². The van der Waals surface area contributed by atoms with Crippen molar-refractivity contribution >= 4 is 18.1 Å². The third kappa shape index (κ3) is 5.10. The third-order valence-electron chi connectivity index (χ3n) is 3.18. The van der Waals surface area contributed by atoms with Gasteiger partial charge in [-0.3, -0.25) is 0 Å². The molecule has 0 aromatic rings. The smallest absolute Gasteiger partial charge is 0.0965 e. The summed E-state index contributed by atoms with van der Waals surface area (Å²) in [6, 6.07) is 0.269. The van der Waals surface area contributed by atoms with Gasteiger partial charge in [-0.2, -0.15) is 0 Å². The number of ether oxygens (including phenoxy) is 2. The minimum atomic E-state index is 0. The lowest BCUT2D eigenvalue weighted by atomic mass is 10.1. The summed E-state index contributed by atoms with van der Waals surface area (Å²) in [5, 5.41) is 11.5. The average Bonchev–Trinajstić information content (AvgIpc) is 2.70. The fraction of sp³-hybridized carbons (Fsp3) is 0.917. The highest BCUT2D eigenvalue weighted by molar-refractivity contribution is 5.89. The van der Waals surface area contributed by atoms with Crippen LogP contribution in [-0.4, -0.2) is 41.4 Å². The van der Waals surface area contributed by atoms with Gasteiger partial charge in [0.05, 0.1) is 30.1 Å². The largest absolute Gasteiger partial charge is 0.411 e. The molecule has 0 amide bonds. The van der Waals surface area contributed by atoms with Crippen LogP contribution >= 0.6 is 12.4 Å². The van der Waals surface area contributed by atoms with Crippen molar-refractivity contribution in [2.75, 3.05) is 0 Å². The second kappa shape index (κ2) is 7.94. The van der Waals surface area contributed by atoms with E-state index in [1.165, 1.54) is 0 Å². The predicted molar refractivity (Wildman–Crippen MR) is 73.7 cm³/mol. The molecule has 0 aromatic heterocycles. The standard InChI is InChI=1S/C6H11NO2.C6H13NO.ClH/c1-4-3-6(7-8)5(2)9-4;1-4-3-6(7)5(2)8-4;/h4-5,8H,3H2,1-2H3;4-6H,3,7H2,1-2H3;1H. The van der Waals surface area contributed by atoms with Gasteiger partial charge in [0, 0.05) is 12.5 Å². The van der Waals surface area contributed by atoms with Gasteiger partial charge in [-0.15, -0.1) is 12.4 Å². The van der Waals surface area contributed by atoms with Gasteiger partial charge in [-0.25, -0.2) is 0 Å². The van der Waals surface area contributed by atoms with Gasteiger partial charge in [0.25, 0.3) is 0 Å². The summed E-state index contributed by atoms with van der Waals surface area (Å²) in [4.78, 5) is 0. The van der Waals surface area contributed by atoms with Crippen molar-refractivity contribution in [3.63, 3.8) is 0 Å². The molecule has 5 atom stereocenters. The number of halogens is 1. The summed E-state index contributed by atoms with van der Waals surface area (Å²) in [7, 11) is 0. The van der Waals surface area contributed by atoms with Gasteiger partial charge < -0.3 is 20.4 Å². The lowest BCUT2D eigenvalue weighted by molar-refractivity contribution is 0.0637. The van der Waals surface area contributed by atoms with E-state index in [0.29, 0.717) is 6.10 Å². The van der Waals surface area contributed by atoms with Crippen molar-refractivity contribution in [2.45, 2.75) is 71.0 Å². The zero-order valence-corrected chi connectivity index (χ0v) is 12.3. The van der Waals surface area contributed by atoms with Gasteiger partial charge in [0.2, 0.25) is 0 Å². The lowest BCUT2D eigenvalue weighted by Gasteiger charge is -2.05. The summed E-state index contributed by atoms with van der Waals surface area (Å²) in [6.45, 7) is 7.94. The summed E-state index contributed by atoms with van der Waals surface area (Å²) < 4.78 is 10.6. The van der Waals surface area contributed by atoms with Gasteiger partial charge in [-0.05, 0) is 34.1 Å². The predicted octanol–water partition coefficient (Wildman–Crippen LogP) is 1.95. The first-order chi connectivity index (χ1) is 7.93. The zero-order chi connectivity index (χ0) is 13.0. The molecule has 2 saturated heterocycles. The molecule has 2 heterocycles. The lowest BCUT2D eigenvalue weighted by Crippen LogP contribution is -2.26. The molecule has 108 valence electrons. The SMILES string of the molecule is CC1CC(=NO)C(C)O1.CC1CC(N)C(C)O1.Cl. The summed E-state index contributed by atoms with van der Waals surface area (Å²) in [5.74, 6) is 0. The molecular formula is C12H25ClN2O3. The van der Waals surface area contributed by atoms with Crippen molar-refractivity contribution in [3.8, 4) is 0 Å². The van der Waals surface area contributed by atoms with Gasteiger partial charge in [-0.1, -0.05) is 5.16 Å². The van der Waals surface area contributed by atoms with E-state index >= 15 is 0 Å². The number of hydrogen-bond acceptors (Lipinski definition) is 5. The van der Waals surface area contributed by atoms with Crippen LogP contribution in [0.2, 0.25) is 0 Å². The molecule has 0 aromatic carbocycles. The normalized spacial score (nSPS) is 41.2. The Bertz CT molecular complexity index is 266. The number of hydrogen-bond donors (Lipinski definition) is 2. The first-order valence-corrected chi connectivity index (χ1v) is 6.21. The maximum Gasteiger partial charge on any atom is 0.0965 e. The monoisotopic (exact) mass is 280 g/mol. The average molecular weight is 281 g/mol. The van der Waals surface area contributed by atoms with Crippen LogP contribution in [0.3, 0.4) is 0 Å². The van der Waals surface area contributed by atoms with Crippen molar-refractivity contribution in [1.29, 1.82) is 0 Å². The Balaban J connectivity index is 0.000000306. The second-order valence-corrected chi connectivity index (χ2v) is 4.94. The molecule has 5 unspecified atom stereocenters. The van der Waals surface area contributed by atoms with Crippen molar-refractivity contribution in [2.24, 2.45) is 10.9 Å². The Morgan fingerprint density at radius 3 is 1.94 bits per heavy atom. The Morgan fingerprint density at radius 2 is 1.78 bits per heavy atom. The third-order valence-corrected chi connectivity index (χ3v) is 3.18. The van der Waals surface area contributed by atoms with Crippen LogP contribution in [-0.2, 0) is 9.47 Å². The Kier molecular flexibility index (Phi) is 7.78. The van der Waals surface area contributed by atoms with Crippen LogP contribution in [0.15, 0.2) is 5.16 Å². The van der Waals surface area contributed by atoms with E-state index in [-0.39, 0.29) is 36.8 Å². The Labute approximate surface area is 115 Å². The minimum Gasteiger partial charge on any atom is -0.411 e. The first kappa shape index (κ1) is 17.6. The van der Waals surface area contributed by atoms with E-state index in [1.807, 2.05) is 20.8 Å². The molecule has 2 fully saturated rings. The first-order valence-electron chi connectivity index (χ1n) is 6.21. The van der Waals surface area contributed by atoms with Crippen molar-refractivity contribution in [3.05, 3.63) is 0 Å². The number of rotatable bonds is 0. The molecule has 0 spiro atoms. The van der Waals surface area contributed by atoms with E-state index in [4.69, 9.17) is 20.4 Å². The van der Waals surface area contributed by atoms with Gasteiger partial charge in [0.15, 0.2) is 0 Å². The highest BCUT2D eigenvalue weighted by atomic mass is 35.5. The molecule has 5 nitrogen and oxygen atoms in total. The molecule has 3 N–H and O–H groups in total.